The molecule has 0 spiro atoms. The molecule has 1 fully saturated rings. The molecule has 0 amide bonds. The lowest BCUT2D eigenvalue weighted by molar-refractivity contribution is 0.173. The molecule has 4 nitrogen and oxygen atoms in total. The van der Waals surface area contributed by atoms with E-state index in [1.165, 1.54) is 5.56 Å². The number of fused-ring (bicyclic) bond motifs is 1. The van der Waals surface area contributed by atoms with Crippen molar-refractivity contribution in [3.63, 3.8) is 0 Å². The number of benzene rings is 1. The Balaban J connectivity index is 2.00. The van der Waals surface area contributed by atoms with E-state index < -0.39 is 0 Å². The first-order valence-corrected chi connectivity index (χ1v) is 7.40. The van der Waals surface area contributed by atoms with Gasteiger partial charge in [-0.15, -0.1) is 0 Å². The van der Waals surface area contributed by atoms with E-state index in [2.05, 4.69) is 40.9 Å². The number of nitrogens with two attached hydrogens (primary N) is 1. The number of halogens is 1. The van der Waals surface area contributed by atoms with Gasteiger partial charge in [0.1, 0.15) is 0 Å². The summed E-state index contributed by atoms with van der Waals surface area (Å²) in [5.74, 6) is 2.31. The maximum atomic E-state index is 5.81. The van der Waals surface area contributed by atoms with Crippen LogP contribution in [0.1, 0.15) is 23.6 Å². The highest BCUT2D eigenvalue weighted by atomic mass is 79.9. The topological polar surface area (TPSA) is 47.7 Å². The lowest BCUT2D eigenvalue weighted by atomic mass is 9.98. The van der Waals surface area contributed by atoms with Crippen LogP contribution in [0.4, 0.5) is 0 Å². The predicted octanol–water partition coefficient (Wildman–Crippen LogP) is 2.44. The van der Waals surface area contributed by atoms with Crippen molar-refractivity contribution in [3.8, 4) is 11.5 Å². The van der Waals surface area contributed by atoms with Crippen molar-refractivity contribution in [2.75, 3.05) is 26.9 Å². The summed E-state index contributed by atoms with van der Waals surface area (Å²) >= 11 is 3.72. The molecule has 2 unspecified atom stereocenters. The second-order valence-electron chi connectivity index (χ2n) is 5.43. The Morgan fingerprint density at radius 3 is 2.95 bits per heavy atom. The van der Waals surface area contributed by atoms with Gasteiger partial charge in [0.2, 0.25) is 6.79 Å². The third-order valence-electron chi connectivity index (χ3n) is 4.18. The van der Waals surface area contributed by atoms with E-state index in [1.54, 1.807) is 0 Å². The van der Waals surface area contributed by atoms with Crippen molar-refractivity contribution in [2.45, 2.75) is 19.4 Å². The van der Waals surface area contributed by atoms with E-state index in [4.69, 9.17) is 15.2 Å². The molecule has 1 aromatic rings. The molecule has 1 aromatic carbocycles. The van der Waals surface area contributed by atoms with E-state index in [1.807, 2.05) is 0 Å². The zero-order valence-electron chi connectivity index (χ0n) is 11.3. The highest BCUT2D eigenvalue weighted by molar-refractivity contribution is 9.10. The molecule has 2 N–H and O–H groups in total. The SMILES string of the molecule is Cc1c(Br)c(C2CC(CN)CN2C)cc2c1OCO2. The number of rotatable bonds is 2. The van der Waals surface area contributed by atoms with Crippen molar-refractivity contribution in [3.05, 3.63) is 21.7 Å². The van der Waals surface area contributed by atoms with E-state index in [0.717, 1.165) is 41.0 Å². The van der Waals surface area contributed by atoms with Crippen molar-refractivity contribution in [2.24, 2.45) is 11.7 Å². The fourth-order valence-corrected chi connectivity index (χ4v) is 3.65. The number of ether oxygens (including phenoxy) is 2. The number of likely N-dealkylation sites (tertiary alicyclic amines) is 1. The van der Waals surface area contributed by atoms with E-state index in [9.17, 15) is 0 Å². The first-order valence-electron chi connectivity index (χ1n) is 6.60. The molecule has 2 heterocycles. The fraction of sp³-hybridized carbons (Fsp3) is 0.571. The molecule has 2 aliphatic heterocycles. The molecule has 0 radical (unpaired) electrons. The number of hydrogen-bond acceptors (Lipinski definition) is 4. The molecule has 5 heteroatoms. The van der Waals surface area contributed by atoms with Gasteiger partial charge in [-0.2, -0.15) is 0 Å². The highest BCUT2D eigenvalue weighted by Gasteiger charge is 2.33. The van der Waals surface area contributed by atoms with Gasteiger partial charge >= 0.3 is 0 Å². The predicted molar refractivity (Wildman–Crippen MR) is 77.5 cm³/mol. The normalized spacial score (nSPS) is 26.1. The smallest absolute Gasteiger partial charge is 0.231 e. The molecule has 0 aromatic heterocycles. The summed E-state index contributed by atoms with van der Waals surface area (Å²) in [5, 5.41) is 0. The van der Waals surface area contributed by atoms with Gasteiger partial charge in [-0.25, -0.2) is 0 Å². The van der Waals surface area contributed by atoms with Gasteiger partial charge in [0, 0.05) is 22.6 Å². The van der Waals surface area contributed by atoms with Crippen molar-refractivity contribution < 1.29 is 9.47 Å². The molecule has 3 rings (SSSR count). The van der Waals surface area contributed by atoms with Crippen LogP contribution in [0.3, 0.4) is 0 Å². The van der Waals surface area contributed by atoms with Gasteiger partial charge in [0.15, 0.2) is 11.5 Å². The number of hydrogen-bond donors (Lipinski definition) is 1. The summed E-state index contributed by atoms with van der Waals surface area (Å²) in [5.41, 5.74) is 8.21. The minimum absolute atomic E-state index is 0.317. The van der Waals surface area contributed by atoms with Crippen LogP contribution < -0.4 is 15.2 Å². The van der Waals surface area contributed by atoms with Gasteiger partial charge < -0.3 is 15.2 Å². The Morgan fingerprint density at radius 1 is 1.47 bits per heavy atom. The van der Waals surface area contributed by atoms with Crippen molar-refractivity contribution >= 4 is 15.9 Å². The fourth-order valence-electron chi connectivity index (χ4n) is 3.09. The van der Waals surface area contributed by atoms with Gasteiger partial charge in [-0.05, 0) is 44.5 Å². The van der Waals surface area contributed by atoms with Gasteiger partial charge in [-0.1, -0.05) is 15.9 Å². The zero-order chi connectivity index (χ0) is 13.6. The minimum atomic E-state index is 0.317. The van der Waals surface area contributed by atoms with Crippen LogP contribution in [0.2, 0.25) is 0 Å². The van der Waals surface area contributed by atoms with Crippen LogP contribution in [-0.4, -0.2) is 31.8 Å². The molecule has 104 valence electrons. The summed E-state index contributed by atoms with van der Waals surface area (Å²) in [6, 6.07) is 2.51. The molecular formula is C14H19BrN2O2. The Kier molecular flexibility index (Phi) is 3.45. The van der Waals surface area contributed by atoms with Gasteiger partial charge in [0.25, 0.3) is 0 Å². The van der Waals surface area contributed by atoms with E-state index in [0.29, 0.717) is 18.8 Å². The van der Waals surface area contributed by atoms with Gasteiger partial charge in [-0.3, -0.25) is 4.90 Å². The van der Waals surface area contributed by atoms with Crippen LogP contribution in [0, 0.1) is 12.8 Å². The second kappa shape index (κ2) is 4.96. The lowest BCUT2D eigenvalue weighted by Gasteiger charge is -2.22. The Hall–Kier alpha value is -0.780. The molecule has 0 saturated carbocycles. The summed E-state index contributed by atoms with van der Waals surface area (Å²) in [4.78, 5) is 2.37. The molecule has 0 bridgehead atoms. The Bertz CT molecular complexity index is 507. The maximum absolute atomic E-state index is 5.81. The molecule has 19 heavy (non-hydrogen) atoms. The Morgan fingerprint density at radius 2 is 2.26 bits per heavy atom. The second-order valence-corrected chi connectivity index (χ2v) is 6.22. The van der Waals surface area contributed by atoms with Crippen LogP contribution in [0.15, 0.2) is 10.5 Å². The van der Waals surface area contributed by atoms with Crippen LogP contribution in [0.25, 0.3) is 0 Å². The summed E-state index contributed by atoms with van der Waals surface area (Å²) in [6.07, 6.45) is 1.10. The number of nitrogens with zero attached hydrogens (tertiary/aromatic N) is 1. The molecule has 2 atom stereocenters. The first-order chi connectivity index (χ1) is 9.11. The molecule has 0 aliphatic carbocycles. The van der Waals surface area contributed by atoms with E-state index in [-0.39, 0.29) is 0 Å². The standard InChI is InChI=1S/C14H19BrN2O2/c1-8-13(15)10(4-12-14(8)19-7-18-12)11-3-9(5-16)6-17(11)2/h4,9,11H,3,5-7,16H2,1-2H3. The largest absolute Gasteiger partial charge is 0.454 e. The summed E-state index contributed by atoms with van der Waals surface area (Å²) in [6.45, 7) is 4.19. The quantitative estimate of drug-likeness (QED) is 0.906. The average Bonchev–Trinajstić information content (AvgIpc) is 3.00. The third kappa shape index (κ3) is 2.14. The van der Waals surface area contributed by atoms with Crippen molar-refractivity contribution in [1.29, 1.82) is 0 Å². The Labute approximate surface area is 122 Å². The molecule has 1 saturated heterocycles. The summed E-state index contributed by atoms with van der Waals surface area (Å²) in [7, 11) is 2.16. The van der Waals surface area contributed by atoms with Crippen LogP contribution >= 0.6 is 15.9 Å². The highest BCUT2D eigenvalue weighted by Crippen LogP contribution is 2.46. The molecular weight excluding hydrogens is 308 g/mol. The maximum Gasteiger partial charge on any atom is 0.231 e. The van der Waals surface area contributed by atoms with Gasteiger partial charge in [0.05, 0.1) is 0 Å². The third-order valence-corrected chi connectivity index (χ3v) is 5.23. The van der Waals surface area contributed by atoms with E-state index >= 15 is 0 Å². The first kappa shape index (κ1) is 13.2. The average molecular weight is 327 g/mol. The van der Waals surface area contributed by atoms with Crippen LogP contribution in [0.5, 0.6) is 11.5 Å². The van der Waals surface area contributed by atoms with Crippen molar-refractivity contribution in [1.82, 2.24) is 4.90 Å². The lowest BCUT2D eigenvalue weighted by Crippen LogP contribution is -2.20. The van der Waals surface area contributed by atoms with Crippen LogP contribution in [-0.2, 0) is 0 Å². The zero-order valence-corrected chi connectivity index (χ0v) is 12.9. The molecule has 2 aliphatic rings. The minimum Gasteiger partial charge on any atom is -0.454 e. The monoisotopic (exact) mass is 326 g/mol. The summed E-state index contributed by atoms with van der Waals surface area (Å²) < 4.78 is 12.2.